The Hall–Kier alpha value is -2.13. The molecule has 2 aromatic rings. The first-order valence-electron chi connectivity index (χ1n) is 7.45. The van der Waals surface area contributed by atoms with E-state index in [0.29, 0.717) is 13.0 Å². The number of carbonyl (C=O) groups is 1. The molecule has 2 aromatic carbocycles. The van der Waals surface area contributed by atoms with Crippen LogP contribution in [0.3, 0.4) is 0 Å². The summed E-state index contributed by atoms with van der Waals surface area (Å²) in [5.41, 5.74) is 2.41. The zero-order chi connectivity index (χ0) is 14.5. The van der Waals surface area contributed by atoms with Gasteiger partial charge in [0.25, 0.3) is 0 Å². The maximum Gasteiger partial charge on any atom is 0.224 e. The van der Waals surface area contributed by atoms with Gasteiger partial charge in [-0.1, -0.05) is 54.1 Å². The van der Waals surface area contributed by atoms with Crippen molar-refractivity contribution in [3.05, 3.63) is 59.7 Å². The summed E-state index contributed by atoms with van der Waals surface area (Å²) in [6.07, 6.45) is 3.63. The van der Waals surface area contributed by atoms with Crippen LogP contribution in [0.15, 0.2) is 54.1 Å². The van der Waals surface area contributed by atoms with Gasteiger partial charge in [0.05, 0.1) is 6.42 Å². The molecule has 1 heterocycles. The molecule has 3 rings (SSSR count). The fourth-order valence-corrected chi connectivity index (χ4v) is 2.72. The number of rotatable bonds is 4. The van der Waals surface area contributed by atoms with E-state index in [9.17, 15) is 4.79 Å². The van der Waals surface area contributed by atoms with Crippen LogP contribution in [0.4, 0.5) is 0 Å². The molecule has 0 radical (unpaired) electrons. The predicted molar refractivity (Wildman–Crippen MR) is 86.2 cm³/mol. The van der Waals surface area contributed by atoms with Crippen molar-refractivity contribution in [2.24, 2.45) is 0 Å². The minimum atomic E-state index is 0.0887. The lowest BCUT2D eigenvalue weighted by Crippen LogP contribution is -2.30. The monoisotopic (exact) mass is 280 g/mol. The Labute approximate surface area is 125 Å². The molecule has 0 atom stereocenters. The van der Waals surface area contributed by atoms with E-state index < -0.39 is 0 Å². The van der Waals surface area contributed by atoms with Crippen LogP contribution in [-0.4, -0.2) is 25.5 Å². The molecule has 0 saturated heterocycles. The van der Waals surface area contributed by atoms with Gasteiger partial charge in [-0.15, -0.1) is 0 Å². The first-order chi connectivity index (χ1) is 10.3. The second-order valence-corrected chi connectivity index (χ2v) is 5.41. The third kappa shape index (κ3) is 3.50. The van der Waals surface area contributed by atoms with Gasteiger partial charge in [-0.2, -0.15) is 0 Å². The SMILES string of the molecule is O=C(Cc1cccc2ccccc12)NCC1=CCNCC1. The molecule has 0 saturated carbocycles. The quantitative estimate of drug-likeness (QED) is 0.845. The lowest BCUT2D eigenvalue weighted by atomic mass is 10.0. The van der Waals surface area contributed by atoms with Crippen molar-refractivity contribution in [2.75, 3.05) is 19.6 Å². The molecule has 0 aromatic heterocycles. The summed E-state index contributed by atoms with van der Waals surface area (Å²) in [4.78, 5) is 12.1. The third-order valence-electron chi connectivity index (χ3n) is 3.90. The smallest absolute Gasteiger partial charge is 0.224 e. The van der Waals surface area contributed by atoms with Gasteiger partial charge in [-0.05, 0) is 29.3 Å². The maximum atomic E-state index is 12.1. The Kier molecular flexibility index (Phi) is 4.31. The highest BCUT2D eigenvalue weighted by atomic mass is 16.1. The normalized spacial score (nSPS) is 14.8. The van der Waals surface area contributed by atoms with E-state index in [0.717, 1.165) is 30.5 Å². The minimum Gasteiger partial charge on any atom is -0.352 e. The Balaban J connectivity index is 1.65. The molecule has 2 N–H and O–H groups in total. The van der Waals surface area contributed by atoms with E-state index in [1.165, 1.54) is 11.0 Å². The van der Waals surface area contributed by atoms with E-state index >= 15 is 0 Å². The molecule has 3 heteroatoms. The maximum absolute atomic E-state index is 12.1. The second-order valence-electron chi connectivity index (χ2n) is 5.41. The average Bonchev–Trinajstić information content (AvgIpc) is 2.54. The van der Waals surface area contributed by atoms with E-state index in [1.54, 1.807) is 0 Å². The van der Waals surface area contributed by atoms with Gasteiger partial charge in [-0.25, -0.2) is 0 Å². The molecule has 21 heavy (non-hydrogen) atoms. The standard InChI is InChI=1S/C18H20N2O/c21-18(20-13-14-8-10-19-11-9-14)12-16-6-3-5-15-4-1-2-7-17(15)16/h1-8,19H,9-13H2,(H,20,21). The molecule has 0 spiro atoms. The zero-order valence-electron chi connectivity index (χ0n) is 12.1. The van der Waals surface area contributed by atoms with Crippen molar-refractivity contribution >= 4 is 16.7 Å². The van der Waals surface area contributed by atoms with Crippen LogP contribution in [0, 0.1) is 0 Å². The Morgan fingerprint density at radius 2 is 2.00 bits per heavy atom. The molecular formula is C18H20N2O. The van der Waals surface area contributed by atoms with Gasteiger partial charge in [0.1, 0.15) is 0 Å². The van der Waals surface area contributed by atoms with Crippen molar-refractivity contribution in [1.82, 2.24) is 10.6 Å². The number of fused-ring (bicyclic) bond motifs is 1. The van der Waals surface area contributed by atoms with E-state index in [-0.39, 0.29) is 5.91 Å². The van der Waals surface area contributed by atoms with Crippen molar-refractivity contribution in [1.29, 1.82) is 0 Å². The van der Waals surface area contributed by atoms with Crippen LogP contribution < -0.4 is 10.6 Å². The van der Waals surface area contributed by atoms with Crippen LogP contribution in [0.1, 0.15) is 12.0 Å². The van der Waals surface area contributed by atoms with Crippen LogP contribution >= 0.6 is 0 Å². The van der Waals surface area contributed by atoms with Gasteiger partial charge in [0.15, 0.2) is 0 Å². The van der Waals surface area contributed by atoms with E-state index in [4.69, 9.17) is 0 Å². The summed E-state index contributed by atoms with van der Waals surface area (Å²) in [6.45, 7) is 2.59. The van der Waals surface area contributed by atoms with Gasteiger partial charge < -0.3 is 10.6 Å². The summed E-state index contributed by atoms with van der Waals surface area (Å²) in [5, 5.41) is 8.65. The van der Waals surface area contributed by atoms with Crippen molar-refractivity contribution in [3.63, 3.8) is 0 Å². The number of hydrogen-bond acceptors (Lipinski definition) is 2. The van der Waals surface area contributed by atoms with Gasteiger partial charge in [0.2, 0.25) is 5.91 Å². The largest absolute Gasteiger partial charge is 0.352 e. The molecule has 0 bridgehead atoms. The molecule has 0 aliphatic carbocycles. The lowest BCUT2D eigenvalue weighted by Gasteiger charge is -2.14. The molecular weight excluding hydrogens is 260 g/mol. The number of hydrogen-bond donors (Lipinski definition) is 2. The van der Waals surface area contributed by atoms with Crippen molar-refractivity contribution in [2.45, 2.75) is 12.8 Å². The number of nitrogens with one attached hydrogen (secondary N) is 2. The Bertz CT molecular complexity index is 670. The first kappa shape index (κ1) is 13.8. The molecule has 0 fully saturated rings. The topological polar surface area (TPSA) is 41.1 Å². The molecule has 108 valence electrons. The zero-order valence-corrected chi connectivity index (χ0v) is 12.1. The highest BCUT2D eigenvalue weighted by molar-refractivity contribution is 5.90. The second kappa shape index (κ2) is 6.55. The molecule has 1 amide bonds. The summed E-state index contributed by atoms with van der Waals surface area (Å²) in [5.74, 6) is 0.0887. The lowest BCUT2D eigenvalue weighted by molar-refractivity contribution is -0.120. The van der Waals surface area contributed by atoms with E-state index in [2.05, 4.69) is 34.9 Å². The molecule has 3 nitrogen and oxygen atoms in total. The Morgan fingerprint density at radius 1 is 1.14 bits per heavy atom. The fraction of sp³-hybridized carbons (Fsp3) is 0.278. The van der Waals surface area contributed by atoms with Crippen LogP contribution in [0.25, 0.3) is 10.8 Å². The average molecular weight is 280 g/mol. The van der Waals surface area contributed by atoms with Crippen molar-refractivity contribution in [3.8, 4) is 0 Å². The van der Waals surface area contributed by atoms with Crippen LogP contribution in [0.2, 0.25) is 0 Å². The summed E-state index contributed by atoms with van der Waals surface area (Å²) in [6, 6.07) is 14.3. The highest BCUT2D eigenvalue weighted by Gasteiger charge is 2.08. The molecule has 0 unspecified atom stereocenters. The van der Waals surface area contributed by atoms with Crippen molar-refractivity contribution < 1.29 is 4.79 Å². The number of amides is 1. The van der Waals surface area contributed by atoms with E-state index in [1.807, 2.05) is 24.3 Å². The van der Waals surface area contributed by atoms with Crippen LogP contribution in [-0.2, 0) is 11.2 Å². The van der Waals surface area contributed by atoms with Gasteiger partial charge in [0, 0.05) is 13.1 Å². The summed E-state index contributed by atoms with van der Waals surface area (Å²) in [7, 11) is 0. The fourth-order valence-electron chi connectivity index (χ4n) is 2.72. The molecule has 1 aliphatic rings. The van der Waals surface area contributed by atoms with Crippen LogP contribution in [0.5, 0.6) is 0 Å². The minimum absolute atomic E-state index is 0.0887. The number of carbonyl (C=O) groups excluding carboxylic acids is 1. The van der Waals surface area contributed by atoms with Gasteiger partial charge >= 0.3 is 0 Å². The molecule has 1 aliphatic heterocycles. The number of benzene rings is 2. The third-order valence-corrected chi connectivity index (χ3v) is 3.90. The highest BCUT2D eigenvalue weighted by Crippen LogP contribution is 2.18. The van der Waals surface area contributed by atoms with Gasteiger partial charge in [-0.3, -0.25) is 4.79 Å². The first-order valence-corrected chi connectivity index (χ1v) is 7.45. The Morgan fingerprint density at radius 3 is 2.86 bits per heavy atom. The predicted octanol–water partition coefficient (Wildman–Crippen LogP) is 2.42. The summed E-state index contributed by atoms with van der Waals surface area (Å²) < 4.78 is 0. The summed E-state index contributed by atoms with van der Waals surface area (Å²) >= 11 is 0.